The van der Waals surface area contributed by atoms with Crippen molar-refractivity contribution >= 4 is 45.5 Å². The molecule has 10 nitrogen and oxygen atoms in total. The molecule has 0 spiro atoms. The number of fused-ring (bicyclic) bond motifs is 1. The van der Waals surface area contributed by atoms with Crippen LogP contribution in [0.15, 0.2) is 24.3 Å². The molecule has 2 amide bonds. The number of ether oxygens (including phenoxy) is 2. The number of nitrogens with zero attached hydrogens (tertiary/aromatic N) is 2. The van der Waals surface area contributed by atoms with Crippen LogP contribution in [0, 0.1) is 17.0 Å². The van der Waals surface area contributed by atoms with Crippen molar-refractivity contribution in [2.75, 3.05) is 30.0 Å². The third kappa shape index (κ3) is 4.35. The molecule has 0 fully saturated rings. The number of nitro benzene ring substituents is 1. The van der Waals surface area contributed by atoms with Crippen molar-refractivity contribution in [1.82, 2.24) is 0 Å². The van der Waals surface area contributed by atoms with Gasteiger partial charge in [-0.05, 0) is 31.5 Å². The summed E-state index contributed by atoms with van der Waals surface area (Å²) in [4.78, 5) is 48.6. The van der Waals surface area contributed by atoms with Crippen LogP contribution in [0.1, 0.15) is 22.2 Å². The highest BCUT2D eigenvalue weighted by Gasteiger charge is 2.29. The maximum Gasteiger partial charge on any atom is 0.348 e. The minimum Gasteiger partial charge on any atom is -0.482 e. The minimum atomic E-state index is -0.594. The summed E-state index contributed by atoms with van der Waals surface area (Å²) in [6.07, 6.45) is 0. The second-order valence-electron chi connectivity index (χ2n) is 6.07. The number of rotatable bonds is 6. The van der Waals surface area contributed by atoms with E-state index < -0.39 is 22.7 Å². The predicted molar refractivity (Wildman–Crippen MR) is 105 cm³/mol. The molecule has 0 aliphatic carbocycles. The summed E-state index contributed by atoms with van der Waals surface area (Å²) in [6, 6.07) is 5.47. The van der Waals surface area contributed by atoms with E-state index in [4.69, 9.17) is 9.47 Å². The van der Waals surface area contributed by atoms with Crippen LogP contribution in [-0.2, 0) is 14.3 Å². The van der Waals surface area contributed by atoms with Crippen LogP contribution in [0.4, 0.5) is 16.4 Å². The van der Waals surface area contributed by atoms with Crippen LogP contribution in [0.3, 0.4) is 0 Å². The molecule has 0 bridgehead atoms. The molecular formula is C18H17N3O7S. The largest absolute Gasteiger partial charge is 0.482 e. The standard InChI is InChI=1S/C18H17N3O7S/c1-3-27-18(24)17-10(2)6-15(29-17)19-14(22)8-20-12-7-11(21(25)26)4-5-13(12)28-9-16(20)23/h4-7H,3,8-9H2,1-2H3,(H,19,22). The van der Waals surface area contributed by atoms with E-state index >= 15 is 0 Å². The van der Waals surface area contributed by atoms with Crippen LogP contribution >= 0.6 is 11.3 Å². The van der Waals surface area contributed by atoms with E-state index in [2.05, 4.69) is 5.32 Å². The number of nitrogens with one attached hydrogen (secondary N) is 1. The maximum atomic E-state index is 12.5. The summed E-state index contributed by atoms with van der Waals surface area (Å²) < 4.78 is 10.2. The quantitative estimate of drug-likeness (QED) is 0.433. The Morgan fingerprint density at radius 3 is 2.83 bits per heavy atom. The van der Waals surface area contributed by atoms with Gasteiger partial charge in [-0.2, -0.15) is 0 Å². The van der Waals surface area contributed by atoms with Gasteiger partial charge in [-0.1, -0.05) is 0 Å². The molecule has 1 aliphatic heterocycles. The summed E-state index contributed by atoms with van der Waals surface area (Å²) in [7, 11) is 0. The maximum absolute atomic E-state index is 12.5. The molecule has 29 heavy (non-hydrogen) atoms. The van der Waals surface area contributed by atoms with E-state index in [0.717, 1.165) is 16.2 Å². The Balaban J connectivity index is 1.77. The summed E-state index contributed by atoms with van der Waals surface area (Å²) in [5.41, 5.74) is 0.591. The van der Waals surface area contributed by atoms with Gasteiger partial charge in [-0.15, -0.1) is 11.3 Å². The second kappa shape index (κ2) is 8.27. The molecule has 11 heteroatoms. The van der Waals surface area contributed by atoms with Gasteiger partial charge in [0.25, 0.3) is 11.6 Å². The van der Waals surface area contributed by atoms with Crippen molar-refractivity contribution in [2.24, 2.45) is 0 Å². The second-order valence-corrected chi connectivity index (χ2v) is 7.12. The molecule has 0 radical (unpaired) electrons. The number of thiophene rings is 1. The molecule has 1 aliphatic rings. The first-order valence-corrected chi connectivity index (χ1v) is 9.40. The number of hydrogen-bond acceptors (Lipinski definition) is 8. The number of non-ortho nitro benzene ring substituents is 1. The van der Waals surface area contributed by atoms with Crippen LogP contribution in [0.25, 0.3) is 0 Å². The van der Waals surface area contributed by atoms with E-state index in [1.807, 2.05) is 0 Å². The number of amides is 2. The van der Waals surface area contributed by atoms with Gasteiger partial charge in [0.15, 0.2) is 6.61 Å². The highest BCUT2D eigenvalue weighted by molar-refractivity contribution is 7.18. The fourth-order valence-electron chi connectivity index (χ4n) is 2.74. The smallest absolute Gasteiger partial charge is 0.348 e. The third-order valence-electron chi connectivity index (χ3n) is 4.04. The SMILES string of the molecule is CCOC(=O)c1sc(NC(=O)CN2C(=O)COc3ccc([N+](=O)[O-])cc32)cc1C. The lowest BCUT2D eigenvalue weighted by atomic mass is 10.2. The lowest BCUT2D eigenvalue weighted by Crippen LogP contribution is -2.43. The van der Waals surface area contributed by atoms with E-state index in [-0.39, 0.29) is 36.9 Å². The predicted octanol–water partition coefficient (Wildman–Crippen LogP) is 2.51. The number of nitro groups is 1. The average Bonchev–Trinajstić information content (AvgIpc) is 3.04. The van der Waals surface area contributed by atoms with Crippen molar-refractivity contribution < 1.29 is 28.8 Å². The first kappa shape index (κ1) is 20.3. The highest BCUT2D eigenvalue weighted by Crippen LogP contribution is 2.35. The Bertz CT molecular complexity index is 1000. The Labute approximate surface area is 169 Å². The van der Waals surface area contributed by atoms with Gasteiger partial charge in [-0.25, -0.2) is 4.79 Å². The molecule has 0 saturated carbocycles. The summed E-state index contributed by atoms with van der Waals surface area (Å²) >= 11 is 1.07. The van der Waals surface area contributed by atoms with Crippen molar-refractivity contribution in [3.05, 3.63) is 44.8 Å². The highest BCUT2D eigenvalue weighted by atomic mass is 32.1. The van der Waals surface area contributed by atoms with Gasteiger partial charge in [0.05, 0.1) is 22.2 Å². The van der Waals surface area contributed by atoms with Crippen LogP contribution in [-0.4, -0.2) is 42.5 Å². The minimum absolute atomic E-state index is 0.153. The molecule has 3 rings (SSSR count). The molecular weight excluding hydrogens is 402 g/mol. The van der Waals surface area contributed by atoms with E-state index in [0.29, 0.717) is 15.4 Å². The summed E-state index contributed by atoms with van der Waals surface area (Å²) in [6.45, 7) is 3.03. The van der Waals surface area contributed by atoms with Gasteiger partial charge >= 0.3 is 5.97 Å². The molecule has 0 atom stereocenters. The number of carbonyl (C=O) groups excluding carboxylic acids is 3. The van der Waals surface area contributed by atoms with Crippen LogP contribution in [0.5, 0.6) is 5.75 Å². The normalized spacial score (nSPS) is 12.8. The van der Waals surface area contributed by atoms with Crippen molar-refractivity contribution in [3.63, 3.8) is 0 Å². The van der Waals surface area contributed by atoms with E-state index in [1.165, 1.54) is 18.2 Å². The Morgan fingerprint density at radius 1 is 1.38 bits per heavy atom. The monoisotopic (exact) mass is 419 g/mol. The Morgan fingerprint density at radius 2 is 2.14 bits per heavy atom. The number of aryl methyl sites for hydroxylation is 1. The number of hydrogen-bond donors (Lipinski definition) is 1. The molecule has 2 heterocycles. The zero-order valence-corrected chi connectivity index (χ0v) is 16.4. The lowest BCUT2D eigenvalue weighted by molar-refractivity contribution is -0.384. The molecule has 1 aromatic heterocycles. The first-order chi connectivity index (χ1) is 13.8. The number of benzene rings is 1. The zero-order chi connectivity index (χ0) is 21.1. The number of carbonyl (C=O) groups is 3. The molecule has 152 valence electrons. The average molecular weight is 419 g/mol. The molecule has 0 saturated heterocycles. The zero-order valence-electron chi connectivity index (χ0n) is 15.6. The third-order valence-corrected chi connectivity index (χ3v) is 5.17. The summed E-state index contributed by atoms with van der Waals surface area (Å²) in [5.74, 6) is -1.21. The first-order valence-electron chi connectivity index (χ1n) is 8.59. The fraction of sp³-hybridized carbons (Fsp3) is 0.278. The van der Waals surface area contributed by atoms with E-state index in [9.17, 15) is 24.5 Å². The van der Waals surface area contributed by atoms with Gasteiger partial charge in [0.2, 0.25) is 5.91 Å². The fourth-order valence-corrected chi connectivity index (χ4v) is 3.72. The summed E-state index contributed by atoms with van der Waals surface area (Å²) in [5, 5.41) is 14.1. The van der Waals surface area contributed by atoms with Crippen molar-refractivity contribution in [1.29, 1.82) is 0 Å². The van der Waals surface area contributed by atoms with Crippen LogP contribution in [0.2, 0.25) is 0 Å². The van der Waals surface area contributed by atoms with Gasteiger partial charge in [0, 0.05) is 12.1 Å². The number of esters is 1. The Hall–Kier alpha value is -3.47. The molecule has 0 unspecified atom stereocenters. The van der Waals surface area contributed by atoms with Crippen LogP contribution < -0.4 is 15.0 Å². The molecule has 1 N–H and O–H groups in total. The van der Waals surface area contributed by atoms with Gasteiger partial charge in [-0.3, -0.25) is 24.6 Å². The van der Waals surface area contributed by atoms with Gasteiger partial charge < -0.3 is 14.8 Å². The number of anilines is 2. The van der Waals surface area contributed by atoms with Crippen molar-refractivity contribution in [2.45, 2.75) is 13.8 Å². The topological polar surface area (TPSA) is 128 Å². The van der Waals surface area contributed by atoms with Gasteiger partial charge in [0.1, 0.15) is 17.2 Å². The molecule has 2 aromatic rings. The van der Waals surface area contributed by atoms with E-state index in [1.54, 1.807) is 19.9 Å². The Kier molecular flexibility index (Phi) is 5.78. The molecule has 1 aromatic carbocycles. The lowest BCUT2D eigenvalue weighted by Gasteiger charge is -2.28. The van der Waals surface area contributed by atoms with Crippen molar-refractivity contribution in [3.8, 4) is 5.75 Å².